The van der Waals surface area contributed by atoms with Crippen LogP contribution in [0, 0.1) is 5.92 Å². The van der Waals surface area contributed by atoms with Gasteiger partial charge in [-0.1, -0.05) is 43.5 Å². The molecule has 3 N–H and O–H groups in total. The Labute approximate surface area is 247 Å². The molecule has 0 spiro atoms. The van der Waals surface area contributed by atoms with Gasteiger partial charge in [-0.2, -0.15) is 22.0 Å². The van der Waals surface area contributed by atoms with Crippen LogP contribution >= 0.6 is 11.9 Å². The van der Waals surface area contributed by atoms with Crippen molar-refractivity contribution in [2.75, 3.05) is 19.7 Å². The zero-order chi connectivity index (χ0) is 30.0. The van der Waals surface area contributed by atoms with Gasteiger partial charge in [-0.15, -0.1) is 0 Å². The molecule has 0 radical (unpaired) electrons. The minimum Gasteiger partial charge on any atom is -0.493 e. The molecule has 0 bridgehead atoms. The summed E-state index contributed by atoms with van der Waals surface area (Å²) in [6.45, 7) is 1.17. The number of nitrogens with one attached hydrogen (secondary N) is 1. The molecule has 230 valence electrons. The van der Waals surface area contributed by atoms with Crippen molar-refractivity contribution in [3.8, 4) is 5.75 Å². The summed E-state index contributed by atoms with van der Waals surface area (Å²) in [5, 5.41) is 0. The lowest BCUT2D eigenvalue weighted by atomic mass is 9.90. The number of nitrogens with zero attached hydrogens (tertiary/aromatic N) is 1. The summed E-state index contributed by atoms with van der Waals surface area (Å²) in [7, 11) is 0. The summed E-state index contributed by atoms with van der Waals surface area (Å²) < 4.78 is 81.4. The Morgan fingerprint density at radius 3 is 2.14 bits per heavy atom. The van der Waals surface area contributed by atoms with Crippen LogP contribution in [0.3, 0.4) is 0 Å². The van der Waals surface area contributed by atoms with Crippen LogP contribution in [0.4, 0.5) is 22.0 Å². The number of carbonyl (C=O) groups excluding carboxylic acids is 1. The fourth-order valence-electron chi connectivity index (χ4n) is 5.92. The molecule has 42 heavy (non-hydrogen) atoms. The van der Waals surface area contributed by atoms with E-state index in [-0.39, 0.29) is 37.5 Å². The van der Waals surface area contributed by atoms with E-state index in [9.17, 15) is 18.0 Å². The maximum atomic E-state index is 16.0. The highest BCUT2D eigenvalue weighted by atomic mass is 32.2. The van der Waals surface area contributed by atoms with Crippen molar-refractivity contribution in [2.24, 2.45) is 11.7 Å². The lowest BCUT2D eigenvalue weighted by Gasteiger charge is -2.35. The second kappa shape index (κ2) is 12.7. The molecule has 2 saturated carbocycles. The van der Waals surface area contributed by atoms with E-state index in [1.165, 1.54) is 24.2 Å². The molecule has 1 saturated heterocycles. The fraction of sp³-hybridized carbons (Fsp3) is 0.581. The van der Waals surface area contributed by atoms with Crippen molar-refractivity contribution in [3.63, 3.8) is 0 Å². The van der Waals surface area contributed by atoms with E-state index in [0.717, 1.165) is 49.1 Å². The maximum absolute atomic E-state index is 16.0. The lowest BCUT2D eigenvalue weighted by molar-refractivity contribution is -0.160. The van der Waals surface area contributed by atoms with Gasteiger partial charge in [-0.3, -0.25) is 4.79 Å². The van der Waals surface area contributed by atoms with Gasteiger partial charge in [0.2, 0.25) is 5.91 Å². The number of rotatable bonds is 10. The second-order valence-electron chi connectivity index (χ2n) is 11.9. The van der Waals surface area contributed by atoms with Crippen molar-refractivity contribution < 1.29 is 31.5 Å². The monoisotopic (exact) mass is 611 g/mol. The number of likely N-dealkylation sites (tertiary alicyclic amines) is 1. The van der Waals surface area contributed by atoms with Crippen molar-refractivity contribution in [3.05, 3.63) is 59.7 Å². The molecule has 5 rings (SSSR count). The molecule has 0 aromatic heterocycles. The SMILES string of the molecule is NC1CCN(C(=O)C(NSc2ccc(OCC3CCCCC3)cc2)C(F)(F)c2ccc(C3(C(F)(F)F)CC3)cc2)CC1. The van der Waals surface area contributed by atoms with Gasteiger partial charge in [0, 0.05) is 29.6 Å². The average Bonchev–Trinajstić information content (AvgIpc) is 3.80. The summed E-state index contributed by atoms with van der Waals surface area (Å²) in [6, 6.07) is 9.27. The first-order chi connectivity index (χ1) is 20.0. The average molecular weight is 612 g/mol. The summed E-state index contributed by atoms with van der Waals surface area (Å²) in [5.41, 5.74) is 3.43. The van der Waals surface area contributed by atoms with Crippen LogP contribution in [-0.2, 0) is 16.1 Å². The summed E-state index contributed by atoms with van der Waals surface area (Å²) in [4.78, 5) is 15.5. The second-order valence-corrected chi connectivity index (χ2v) is 12.8. The number of benzene rings is 2. The molecular weight excluding hydrogens is 573 g/mol. The Hall–Kier alpha value is -2.37. The lowest BCUT2D eigenvalue weighted by Crippen LogP contribution is -2.55. The van der Waals surface area contributed by atoms with Crippen molar-refractivity contribution >= 4 is 17.9 Å². The molecule has 1 atom stereocenters. The third-order valence-corrected chi connectivity index (χ3v) is 9.77. The minimum absolute atomic E-state index is 0.0319. The summed E-state index contributed by atoms with van der Waals surface area (Å²) >= 11 is 0.912. The Morgan fingerprint density at radius 1 is 0.952 bits per heavy atom. The number of alkyl halides is 5. The van der Waals surface area contributed by atoms with Crippen LogP contribution < -0.4 is 15.2 Å². The van der Waals surface area contributed by atoms with Crippen LogP contribution in [0.5, 0.6) is 5.75 Å². The smallest absolute Gasteiger partial charge is 0.398 e. The number of nitrogens with two attached hydrogens (primary N) is 1. The fourth-order valence-corrected chi connectivity index (χ4v) is 6.69. The normalized spacial score (nSPS) is 20.8. The first kappa shape index (κ1) is 31.1. The van der Waals surface area contributed by atoms with Gasteiger partial charge in [-0.05, 0) is 86.2 Å². The van der Waals surface area contributed by atoms with Crippen LogP contribution in [0.1, 0.15) is 68.9 Å². The number of hydrogen-bond donors (Lipinski definition) is 2. The van der Waals surface area contributed by atoms with Gasteiger partial charge in [0.1, 0.15) is 5.75 Å². The minimum atomic E-state index is -4.45. The topological polar surface area (TPSA) is 67.6 Å². The van der Waals surface area contributed by atoms with Crippen LogP contribution in [0.15, 0.2) is 53.4 Å². The number of amides is 1. The molecule has 2 aliphatic carbocycles. The van der Waals surface area contributed by atoms with Crippen LogP contribution in [0.2, 0.25) is 0 Å². The van der Waals surface area contributed by atoms with E-state index in [0.29, 0.717) is 36.0 Å². The molecule has 1 aliphatic heterocycles. The Morgan fingerprint density at radius 2 is 1.57 bits per heavy atom. The maximum Gasteiger partial charge on any atom is 0.398 e. The van der Waals surface area contributed by atoms with Crippen molar-refractivity contribution in [1.82, 2.24) is 9.62 Å². The Kier molecular flexibility index (Phi) is 9.39. The van der Waals surface area contributed by atoms with Gasteiger partial charge in [0.15, 0.2) is 6.04 Å². The summed E-state index contributed by atoms with van der Waals surface area (Å²) in [6.07, 6.45) is 2.49. The molecule has 3 aliphatic rings. The standard InChI is InChI=1S/C31H38F5N3O2S/c32-30(33,23-8-6-22(7-9-23)29(16-17-29)31(34,35)36)27(28(40)39-18-14-24(37)15-19-39)38-42-26-12-10-25(11-13-26)41-20-21-4-2-1-3-5-21/h6-13,21,24,27,38H,1-5,14-20,37H2. The molecule has 2 aromatic rings. The van der Waals surface area contributed by atoms with E-state index >= 15 is 8.78 Å². The molecule has 2 aromatic carbocycles. The zero-order valence-corrected chi connectivity index (χ0v) is 24.3. The molecule has 1 heterocycles. The van der Waals surface area contributed by atoms with E-state index in [1.54, 1.807) is 24.3 Å². The number of halogens is 5. The van der Waals surface area contributed by atoms with E-state index in [4.69, 9.17) is 10.5 Å². The number of ether oxygens (including phenoxy) is 1. The van der Waals surface area contributed by atoms with Crippen LogP contribution in [-0.4, -0.2) is 48.8 Å². The largest absolute Gasteiger partial charge is 0.493 e. The number of piperidine rings is 1. The van der Waals surface area contributed by atoms with E-state index in [1.807, 2.05) is 0 Å². The van der Waals surface area contributed by atoms with E-state index < -0.39 is 35.0 Å². The Bertz CT molecular complexity index is 1190. The Balaban J connectivity index is 1.29. The van der Waals surface area contributed by atoms with Gasteiger partial charge >= 0.3 is 6.18 Å². The highest BCUT2D eigenvalue weighted by molar-refractivity contribution is 7.97. The van der Waals surface area contributed by atoms with Gasteiger partial charge in [0.25, 0.3) is 5.92 Å². The number of carbonyl (C=O) groups is 1. The van der Waals surface area contributed by atoms with Crippen molar-refractivity contribution in [2.45, 2.75) is 92.3 Å². The number of hydrogen-bond acceptors (Lipinski definition) is 5. The third-order valence-electron chi connectivity index (χ3n) is 8.90. The predicted octanol–water partition coefficient (Wildman–Crippen LogP) is 6.95. The summed E-state index contributed by atoms with van der Waals surface area (Å²) in [5.74, 6) is -3.23. The van der Waals surface area contributed by atoms with Crippen molar-refractivity contribution in [1.29, 1.82) is 0 Å². The molecule has 1 amide bonds. The highest BCUT2D eigenvalue weighted by Gasteiger charge is 2.64. The van der Waals surface area contributed by atoms with Gasteiger partial charge in [0.05, 0.1) is 12.0 Å². The van der Waals surface area contributed by atoms with Gasteiger partial charge < -0.3 is 15.4 Å². The highest BCUT2D eigenvalue weighted by Crippen LogP contribution is 2.59. The first-order valence-electron chi connectivity index (χ1n) is 14.7. The molecule has 11 heteroatoms. The molecule has 1 unspecified atom stereocenters. The van der Waals surface area contributed by atoms with Crippen LogP contribution in [0.25, 0.3) is 0 Å². The quantitative estimate of drug-likeness (QED) is 0.225. The van der Waals surface area contributed by atoms with E-state index in [2.05, 4.69) is 4.72 Å². The zero-order valence-electron chi connectivity index (χ0n) is 23.5. The van der Waals surface area contributed by atoms with Gasteiger partial charge in [-0.25, -0.2) is 4.72 Å². The third kappa shape index (κ3) is 6.89. The molecule has 5 nitrogen and oxygen atoms in total. The molecule has 3 fully saturated rings. The molecular formula is C31H38F5N3O2S. The first-order valence-corrected chi connectivity index (χ1v) is 15.6. The predicted molar refractivity (Wildman–Crippen MR) is 152 cm³/mol.